The van der Waals surface area contributed by atoms with Crippen LogP contribution in [-0.2, 0) is 0 Å². The van der Waals surface area contributed by atoms with Crippen molar-refractivity contribution in [3.05, 3.63) is 58.4 Å². The molecule has 0 aliphatic heterocycles. The van der Waals surface area contributed by atoms with E-state index < -0.39 is 11.6 Å². The number of hydrogen-bond donors (Lipinski definition) is 1. The molecule has 98 valence electrons. The molecular weight excluding hydrogens is 271 g/mol. The minimum atomic E-state index is -0.690. The highest BCUT2D eigenvalue weighted by molar-refractivity contribution is 6.31. The lowest BCUT2D eigenvalue weighted by molar-refractivity contribution is 0.103. The van der Waals surface area contributed by atoms with Gasteiger partial charge in [0.05, 0.1) is 18.2 Å². The molecule has 0 aliphatic carbocycles. The largest absolute Gasteiger partial charge is 0.507 e. The molecule has 0 saturated carbocycles. The number of aromatic hydroxyl groups is 1. The van der Waals surface area contributed by atoms with E-state index in [1.807, 2.05) is 0 Å². The summed E-state index contributed by atoms with van der Waals surface area (Å²) in [5, 5.41) is 10.0. The standard InChI is InChI=1S/C14H10ClFO3/c1-19-9-3-4-10(13(17)7-9)14(18)11-6-8(15)2-5-12(11)16/h2-7,17H,1H3. The Bertz CT molecular complexity index is 641. The number of hydrogen-bond acceptors (Lipinski definition) is 3. The van der Waals surface area contributed by atoms with Gasteiger partial charge in [-0.15, -0.1) is 0 Å². The van der Waals surface area contributed by atoms with E-state index in [1.165, 1.54) is 37.4 Å². The van der Waals surface area contributed by atoms with E-state index in [2.05, 4.69) is 0 Å². The van der Waals surface area contributed by atoms with Gasteiger partial charge < -0.3 is 9.84 Å². The zero-order chi connectivity index (χ0) is 14.0. The molecule has 0 aliphatic rings. The molecule has 0 aromatic heterocycles. The molecule has 0 amide bonds. The first-order chi connectivity index (χ1) is 9.02. The zero-order valence-corrected chi connectivity index (χ0v) is 10.7. The summed E-state index contributed by atoms with van der Waals surface area (Å²) in [6.07, 6.45) is 0. The van der Waals surface area contributed by atoms with E-state index in [9.17, 15) is 14.3 Å². The second-order valence-corrected chi connectivity index (χ2v) is 4.27. The van der Waals surface area contributed by atoms with Crippen LogP contribution in [0.15, 0.2) is 36.4 Å². The van der Waals surface area contributed by atoms with Crippen molar-refractivity contribution in [2.45, 2.75) is 0 Å². The van der Waals surface area contributed by atoms with Gasteiger partial charge in [-0.3, -0.25) is 4.79 Å². The number of ketones is 1. The van der Waals surface area contributed by atoms with Gasteiger partial charge in [0, 0.05) is 11.1 Å². The van der Waals surface area contributed by atoms with Crippen LogP contribution in [0, 0.1) is 5.82 Å². The molecule has 0 atom stereocenters. The van der Waals surface area contributed by atoms with Crippen molar-refractivity contribution in [1.29, 1.82) is 0 Å². The van der Waals surface area contributed by atoms with Crippen molar-refractivity contribution in [2.24, 2.45) is 0 Å². The van der Waals surface area contributed by atoms with Crippen LogP contribution >= 0.6 is 11.6 Å². The van der Waals surface area contributed by atoms with E-state index in [4.69, 9.17) is 16.3 Å². The van der Waals surface area contributed by atoms with Crippen molar-refractivity contribution in [3.63, 3.8) is 0 Å². The fourth-order valence-electron chi connectivity index (χ4n) is 1.65. The van der Waals surface area contributed by atoms with Crippen LogP contribution in [-0.4, -0.2) is 18.0 Å². The van der Waals surface area contributed by atoms with Crippen LogP contribution in [0.3, 0.4) is 0 Å². The van der Waals surface area contributed by atoms with Crippen molar-refractivity contribution in [2.75, 3.05) is 7.11 Å². The molecule has 0 spiro atoms. The quantitative estimate of drug-likeness (QED) is 0.876. The Morgan fingerprint density at radius 3 is 2.58 bits per heavy atom. The second kappa shape index (κ2) is 5.28. The van der Waals surface area contributed by atoms with Gasteiger partial charge in [0.15, 0.2) is 5.78 Å². The molecule has 0 heterocycles. The number of phenols is 1. The van der Waals surface area contributed by atoms with Crippen molar-refractivity contribution in [1.82, 2.24) is 0 Å². The number of phenolic OH excluding ortho intramolecular Hbond substituents is 1. The summed E-state index contributed by atoms with van der Waals surface area (Å²) in [5.74, 6) is -1.20. The highest BCUT2D eigenvalue weighted by Crippen LogP contribution is 2.27. The molecule has 0 saturated heterocycles. The van der Waals surface area contributed by atoms with Gasteiger partial charge >= 0.3 is 0 Å². The topological polar surface area (TPSA) is 46.5 Å². The molecule has 2 aromatic carbocycles. The summed E-state index contributed by atoms with van der Waals surface area (Å²) in [5.41, 5.74) is -0.199. The van der Waals surface area contributed by atoms with Gasteiger partial charge in [-0.2, -0.15) is 0 Å². The first-order valence-electron chi connectivity index (χ1n) is 5.39. The van der Waals surface area contributed by atoms with Crippen LogP contribution in [0.25, 0.3) is 0 Å². The maximum absolute atomic E-state index is 13.6. The third kappa shape index (κ3) is 2.69. The molecule has 5 heteroatoms. The summed E-state index contributed by atoms with van der Waals surface area (Å²) in [7, 11) is 1.44. The molecular formula is C14H10ClFO3. The van der Waals surface area contributed by atoms with E-state index in [0.29, 0.717) is 5.75 Å². The van der Waals surface area contributed by atoms with Gasteiger partial charge in [0.1, 0.15) is 17.3 Å². The Morgan fingerprint density at radius 1 is 1.21 bits per heavy atom. The summed E-state index contributed by atoms with van der Waals surface area (Å²) in [6.45, 7) is 0. The Hall–Kier alpha value is -2.07. The van der Waals surface area contributed by atoms with E-state index >= 15 is 0 Å². The van der Waals surface area contributed by atoms with Gasteiger partial charge in [-0.05, 0) is 30.3 Å². The normalized spacial score (nSPS) is 10.3. The fraction of sp³-hybridized carbons (Fsp3) is 0.0714. The molecule has 0 unspecified atom stereocenters. The first kappa shape index (κ1) is 13.4. The minimum Gasteiger partial charge on any atom is -0.507 e. The lowest BCUT2D eigenvalue weighted by Crippen LogP contribution is -2.04. The molecule has 2 aromatic rings. The fourth-order valence-corrected chi connectivity index (χ4v) is 1.82. The lowest BCUT2D eigenvalue weighted by Gasteiger charge is -2.07. The van der Waals surface area contributed by atoms with Crippen molar-refractivity contribution < 1.29 is 19.0 Å². The lowest BCUT2D eigenvalue weighted by atomic mass is 10.0. The van der Waals surface area contributed by atoms with Crippen LogP contribution in [0.1, 0.15) is 15.9 Å². The average molecular weight is 281 g/mol. The number of ether oxygens (including phenoxy) is 1. The minimum absolute atomic E-state index is 0.0121. The molecule has 0 radical (unpaired) electrons. The number of halogens is 2. The first-order valence-corrected chi connectivity index (χ1v) is 5.77. The van der Waals surface area contributed by atoms with E-state index in [0.717, 1.165) is 6.07 Å². The van der Waals surface area contributed by atoms with Gasteiger partial charge in [0.25, 0.3) is 0 Å². The van der Waals surface area contributed by atoms with E-state index in [1.54, 1.807) is 0 Å². The number of methoxy groups -OCH3 is 1. The molecule has 1 N–H and O–H groups in total. The van der Waals surface area contributed by atoms with Gasteiger partial charge in [0.2, 0.25) is 0 Å². The predicted octanol–water partition coefficient (Wildman–Crippen LogP) is 3.42. The average Bonchev–Trinajstić information content (AvgIpc) is 2.40. The third-order valence-electron chi connectivity index (χ3n) is 2.62. The summed E-state index contributed by atoms with van der Waals surface area (Å²) >= 11 is 5.73. The van der Waals surface area contributed by atoms with Gasteiger partial charge in [-0.25, -0.2) is 4.39 Å². The summed E-state index contributed by atoms with van der Waals surface area (Å²) < 4.78 is 18.5. The SMILES string of the molecule is COc1ccc(C(=O)c2cc(Cl)ccc2F)c(O)c1. The Labute approximate surface area is 114 Å². The van der Waals surface area contributed by atoms with Crippen LogP contribution in [0.2, 0.25) is 5.02 Å². The highest BCUT2D eigenvalue weighted by atomic mass is 35.5. The van der Waals surface area contributed by atoms with Crippen LogP contribution < -0.4 is 4.74 Å². The second-order valence-electron chi connectivity index (χ2n) is 3.84. The van der Waals surface area contributed by atoms with E-state index in [-0.39, 0.29) is 21.9 Å². The third-order valence-corrected chi connectivity index (χ3v) is 2.86. The Balaban J connectivity index is 2.47. The summed E-state index contributed by atoms with van der Waals surface area (Å²) in [6, 6.07) is 7.85. The number of benzene rings is 2. The maximum atomic E-state index is 13.6. The molecule has 0 bridgehead atoms. The maximum Gasteiger partial charge on any atom is 0.199 e. The number of carbonyl (C=O) groups is 1. The number of carbonyl (C=O) groups excluding carboxylic acids is 1. The van der Waals surface area contributed by atoms with Crippen LogP contribution in [0.5, 0.6) is 11.5 Å². The van der Waals surface area contributed by atoms with Gasteiger partial charge in [-0.1, -0.05) is 11.6 Å². The van der Waals surface area contributed by atoms with Crippen molar-refractivity contribution >= 4 is 17.4 Å². The zero-order valence-electron chi connectivity index (χ0n) is 9.98. The summed E-state index contributed by atoms with van der Waals surface area (Å²) in [4.78, 5) is 12.1. The van der Waals surface area contributed by atoms with Crippen molar-refractivity contribution in [3.8, 4) is 11.5 Å². The Morgan fingerprint density at radius 2 is 1.95 bits per heavy atom. The van der Waals surface area contributed by atoms with Crippen LogP contribution in [0.4, 0.5) is 4.39 Å². The Kier molecular flexibility index (Phi) is 3.71. The smallest absolute Gasteiger partial charge is 0.199 e. The molecule has 3 nitrogen and oxygen atoms in total. The molecule has 0 fully saturated rings. The molecule has 2 rings (SSSR count). The predicted molar refractivity (Wildman–Crippen MR) is 69.5 cm³/mol. The number of rotatable bonds is 3. The highest BCUT2D eigenvalue weighted by Gasteiger charge is 2.18. The molecule has 19 heavy (non-hydrogen) atoms. The monoisotopic (exact) mass is 280 g/mol.